The number of hydrogen-bond acceptors (Lipinski definition) is 1. The van der Waals surface area contributed by atoms with Gasteiger partial charge in [0.2, 0.25) is 0 Å². The summed E-state index contributed by atoms with van der Waals surface area (Å²) >= 11 is 0. The van der Waals surface area contributed by atoms with E-state index in [4.69, 9.17) is 0 Å². The van der Waals surface area contributed by atoms with E-state index in [9.17, 15) is 18.0 Å². The maximum Gasteiger partial charge on any atom is 0.182 e. The van der Waals surface area contributed by atoms with Gasteiger partial charge in [0, 0.05) is 10.9 Å². The van der Waals surface area contributed by atoms with E-state index in [1.54, 1.807) is 0 Å². The zero-order valence-electron chi connectivity index (χ0n) is 10.1. The summed E-state index contributed by atoms with van der Waals surface area (Å²) in [5, 5.41) is 0.290. The fourth-order valence-electron chi connectivity index (χ4n) is 2.19. The smallest absolute Gasteiger partial charge is 0.182 e. The predicted octanol–water partition coefficient (Wildman–Crippen LogP) is 4.06. The van der Waals surface area contributed by atoms with Gasteiger partial charge in [-0.3, -0.25) is 4.79 Å². The molecule has 0 bridgehead atoms. The van der Waals surface area contributed by atoms with Gasteiger partial charge in [-0.1, -0.05) is 0 Å². The van der Waals surface area contributed by atoms with Crippen LogP contribution in [0, 0.1) is 17.5 Å². The average molecular weight is 275 g/mol. The molecule has 20 heavy (non-hydrogen) atoms. The predicted molar refractivity (Wildman–Crippen MR) is 69.0 cm³/mol. The van der Waals surface area contributed by atoms with Crippen molar-refractivity contribution >= 4 is 17.2 Å². The van der Waals surface area contributed by atoms with Crippen LogP contribution in [0.2, 0.25) is 0 Å². The van der Waals surface area contributed by atoms with E-state index in [-0.39, 0.29) is 11.1 Å². The molecule has 0 aliphatic carbocycles. The van der Waals surface area contributed by atoms with E-state index in [0.29, 0.717) is 22.9 Å². The Balaban J connectivity index is 2.33. The Bertz CT molecular complexity index is 806. The number of nitrogens with one attached hydrogen (secondary N) is 1. The standard InChI is InChI=1S/C15H8F3NO/c16-9-3-1-8(2-4-9)14-11(7-20)10-5-6-12(17)13(18)15(10)19-14/h1-7,19H. The maximum atomic E-state index is 13.7. The Morgan fingerprint density at radius 3 is 2.30 bits per heavy atom. The van der Waals surface area contributed by atoms with Gasteiger partial charge < -0.3 is 4.98 Å². The van der Waals surface area contributed by atoms with Gasteiger partial charge in [-0.2, -0.15) is 0 Å². The molecule has 0 saturated carbocycles. The first-order valence-electron chi connectivity index (χ1n) is 5.82. The Morgan fingerprint density at radius 2 is 1.65 bits per heavy atom. The van der Waals surface area contributed by atoms with Gasteiger partial charge in [0.1, 0.15) is 5.82 Å². The van der Waals surface area contributed by atoms with Crippen molar-refractivity contribution in [3.63, 3.8) is 0 Å². The molecule has 2 aromatic carbocycles. The fourth-order valence-corrected chi connectivity index (χ4v) is 2.19. The fraction of sp³-hybridized carbons (Fsp3) is 0. The van der Waals surface area contributed by atoms with Crippen molar-refractivity contribution < 1.29 is 18.0 Å². The maximum absolute atomic E-state index is 13.7. The molecule has 0 amide bonds. The quantitative estimate of drug-likeness (QED) is 0.703. The number of fused-ring (bicyclic) bond motifs is 1. The zero-order chi connectivity index (χ0) is 14.3. The molecule has 0 aliphatic rings. The molecule has 0 saturated heterocycles. The lowest BCUT2D eigenvalue weighted by Crippen LogP contribution is -1.85. The summed E-state index contributed by atoms with van der Waals surface area (Å²) in [6.07, 6.45) is 0.564. The van der Waals surface area contributed by atoms with Crippen molar-refractivity contribution in [1.29, 1.82) is 0 Å². The van der Waals surface area contributed by atoms with Crippen LogP contribution in [-0.4, -0.2) is 11.3 Å². The van der Waals surface area contributed by atoms with E-state index in [1.165, 1.54) is 30.3 Å². The summed E-state index contributed by atoms with van der Waals surface area (Å²) in [7, 11) is 0. The molecule has 1 N–H and O–H groups in total. The number of H-pyrrole nitrogens is 1. The molecular formula is C15H8F3NO. The topological polar surface area (TPSA) is 32.9 Å². The van der Waals surface area contributed by atoms with Gasteiger partial charge in [-0.05, 0) is 42.0 Å². The highest BCUT2D eigenvalue weighted by molar-refractivity contribution is 6.04. The molecule has 0 atom stereocenters. The highest BCUT2D eigenvalue weighted by Gasteiger charge is 2.17. The second-order valence-electron chi connectivity index (χ2n) is 4.32. The molecule has 1 heterocycles. The van der Waals surface area contributed by atoms with Gasteiger partial charge in [-0.25, -0.2) is 13.2 Å². The minimum atomic E-state index is -1.04. The zero-order valence-corrected chi connectivity index (χ0v) is 10.1. The third-order valence-corrected chi connectivity index (χ3v) is 3.16. The Hall–Kier alpha value is -2.56. The van der Waals surface area contributed by atoms with Crippen LogP contribution in [0.4, 0.5) is 13.2 Å². The summed E-state index contributed by atoms with van der Waals surface area (Å²) < 4.78 is 39.9. The van der Waals surface area contributed by atoms with Crippen LogP contribution in [0.25, 0.3) is 22.2 Å². The van der Waals surface area contributed by atoms with Crippen LogP contribution >= 0.6 is 0 Å². The third-order valence-electron chi connectivity index (χ3n) is 3.16. The second-order valence-corrected chi connectivity index (χ2v) is 4.32. The Morgan fingerprint density at radius 1 is 0.950 bits per heavy atom. The normalized spacial score (nSPS) is 10.9. The summed E-state index contributed by atoms with van der Waals surface area (Å²) in [4.78, 5) is 13.9. The van der Waals surface area contributed by atoms with E-state index in [1.807, 2.05) is 0 Å². The molecule has 3 rings (SSSR count). The summed E-state index contributed by atoms with van der Waals surface area (Å²) in [6, 6.07) is 7.68. The van der Waals surface area contributed by atoms with Crippen LogP contribution in [0.5, 0.6) is 0 Å². The van der Waals surface area contributed by atoms with Gasteiger partial charge in [-0.15, -0.1) is 0 Å². The molecule has 5 heteroatoms. The Labute approximate surface area is 111 Å². The molecule has 1 aromatic heterocycles. The largest absolute Gasteiger partial charge is 0.351 e. The second kappa shape index (κ2) is 4.52. The van der Waals surface area contributed by atoms with Crippen molar-refractivity contribution in [1.82, 2.24) is 4.98 Å². The molecule has 0 radical (unpaired) electrons. The lowest BCUT2D eigenvalue weighted by molar-refractivity contribution is 0.112. The first-order valence-corrected chi connectivity index (χ1v) is 5.82. The molecule has 0 spiro atoms. The van der Waals surface area contributed by atoms with E-state index < -0.39 is 17.5 Å². The van der Waals surface area contributed by atoms with Crippen LogP contribution in [0.1, 0.15) is 10.4 Å². The number of halogens is 3. The lowest BCUT2D eigenvalue weighted by atomic mass is 10.1. The molecule has 0 unspecified atom stereocenters. The monoisotopic (exact) mass is 275 g/mol. The first-order chi connectivity index (χ1) is 9.61. The summed E-state index contributed by atoms with van der Waals surface area (Å²) in [5.74, 6) is -2.46. The van der Waals surface area contributed by atoms with Crippen molar-refractivity contribution in [3.8, 4) is 11.3 Å². The third kappa shape index (κ3) is 1.79. The van der Waals surface area contributed by atoms with Crippen LogP contribution in [0.3, 0.4) is 0 Å². The minimum Gasteiger partial charge on any atom is -0.351 e. The summed E-state index contributed by atoms with van der Waals surface area (Å²) in [6.45, 7) is 0. The highest BCUT2D eigenvalue weighted by atomic mass is 19.2. The van der Waals surface area contributed by atoms with Gasteiger partial charge >= 0.3 is 0 Å². The van der Waals surface area contributed by atoms with Crippen LogP contribution in [-0.2, 0) is 0 Å². The van der Waals surface area contributed by atoms with Gasteiger partial charge in [0.15, 0.2) is 17.9 Å². The molecule has 3 aromatic rings. The molecule has 0 aliphatic heterocycles. The Kier molecular flexibility index (Phi) is 2.82. The lowest BCUT2D eigenvalue weighted by Gasteiger charge is -1.99. The van der Waals surface area contributed by atoms with E-state index in [0.717, 1.165) is 6.07 Å². The van der Waals surface area contributed by atoms with Crippen molar-refractivity contribution in [2.75, 3.05) is 0 Å². The van der Waals surface area contributed by atoms with Crippen molar-refractivity contribution in [3.05, 3.63) is 59.4 Å². The molecular weight excluding hydrogens is 267 g/mol. The number of hydrogen-bond donors (Lipinski definition) is 1. The number of carbonyl (C=O) groups excluding carboxylic acids is 1. The van der Waals surface area contributed by atoms with Crippen LogP contribution in [0.15, 0.2) is 36.4 Å². The first kappa shape index (κ1) is 12.5. The van der Waals surface area contributed by atoms with Gasteiger partial charge in [0.05, 0.1) is 11.2 Å². The van der Waals surface area contributed by atoms with Gasteiger partial charge in [0.25, 0.3) is 0 Å². The molecule has 0 fully saturated rings. The number of aldehydes is 1. The number of aromatic nitrogens is 1. The number of aromatic amines is 1. The number of carbonyl (C=O) groups is 1. The van der Waals surface area contributed by atoms with Crippen molar-refractivity contribution in [2.24, 2.45) is 0 Å². The highest BCUT2D eigenvalue weighted by Crippen LogP contribution is 2.31. The molecule has 2 nitrogen and oxygen atoms in total. The van der Waals surface area contributed by atoms with Crippen molar-refractivity contribution in [2.45, 2.75) is 0 Å². The number of rotatable bonds is 2. The average Bonchev–Trinajstić information content (AvgIpc) is 2.83. The van der Waals surface area contributed by atoms with E-state index >= 15 is 0 Å². The summed E-state index contributed by atoms with van der Waals surface area (Å²) in [5.41, 5.74) is 0.987. The number of benzene rings is 2. The minimum absolute atomic E-state index is 0.0774. The molecule has 100 valence electrons. The van der Waals surface area contributed by atoms with Crippen LogP contribution < -0.4 is 0 Å². The SMILES string of the molecule is O=Cc1c(-c2ccc(F)cc2)[nH]c2c(F)c(F)ccc12. The van der Waals surface area contributed by atoms with E-state index in [2.05, 4.69) is 4.98 Å².